The Hall–Kier alpha value is -1.61. The van der Waals surface area contributed by atoms with E-state index >= 15 is 0 Å². The van der Waals surface area contributed by atoms with Gasteiger partial charge in [-0.15, -0.1) is 0 Å². The van der Waals surface area contributed by atoms with Crippen LogP contribution in [0.5, 0.6) is 0 Å². The molecule has 0 aliphatic rings. The Labute approximate surface area is 76.7 Å². The number of amides is 1. The number of hydroxylamine groups is 1. The zero-order valence-electron chi connectivity index (χ0n) is 7.37. The zero-order valence-corrected chi connectivity index (χ0v) is 7.37. The Morgan fingerprint density at radius 3 is 2.62 bits per heavy atom. The van der Waals surface area contributed by atoms with Gasteiger partial charge in [0.05, 0.1) is 0 Å². The maximum absolute atomic E-state index is 11.0. The fourth-order valence-corrected chi connectivity index (χ4v) is 1.10. The maximum Gasteiger partial charge on any atom is 0.274 e. The van der Waals surface area contributed by atoms with E-state index in [4.69, 9.17) is 5.21 Å². The first kappa shape index (κ1) is 9.48. The molecule has 0 unspecified atom stereocenters. The van der Waals surface area contributed by atoms with Crippen LogP contribution < -0.4 is 5.48 Å². The van der Waals surface area contributed by atoms with Crippen molar-refractivity contribution in [1.29, 1.82) is 0 Å². The first-order valence-electron chi connectivity index (χ1n) is 3.86. The minimum atomic E-state index is -0.575. The third-order valence-corrected chi connectivity index (χ3v) is 1.85. The van der Waals surface area contributed by atoms with Crippen LogP contribution in [0.4, 0.5) is 0 Å². The minimum Gasteiger partial charge on any atom is -0.288 e. The standard InChI is InChI=1S/C10H11NO2/c1-7-5-3-4-6-9(7)8(2)10(12)11-13/h3-6,13H,2H2,1H3,(H,11,12). The summed E-state index contributed by atoms with van der Waals surface area (Å²) in [6.45, 7) is 5.46. The van der Waals surface area contributed by atoms with Crippen LogP contribution in [-0.2, 0) is 4.79 Å². The topological polar surface area (TPSA) is 49.3 Å². The normalized spacial score (nSPS) is 9.38. The quantitative estimate of drug-likeness (QED) is 0.408. The van der Waals surface area contributed by atoms with E-state index in [1.807, 2.05) is 25.1 Å². The molecule has 1 aromatic rings. The van der Waals surface area contributed by atoms with Crippen LogP contribution in [0.1, 0.15) is 11.1 Å². The maximum atomic E-state index is 11.0. The first-order valence-corrected chi connectivity index (χ1v) is 3.86. The molecule has 1 rings (SSSR count). The molecule has 0 atom stereocenters. The van der Waals surface area contributed by atoms with Crippen LogP contribution in [0.2, 0.25) is 0 Å². The van der Waals surface area contributed by atoms with Crippen molar-refractivity contribution in [3.05, 3.63) is 42.0 Å². The van der Waals surface area contributed by atoms with Crippen LogP contribution >= 0.6 is 0 Å². The summed E-state index contributed by atoms with van der Waals surface area (Å²) >= 11 is 0. The second kappa shape index (κ2) is 3.87. The third kappa shape index (κ3) is 1.95. The average molecular weight is 177 g/mol. The smallest absolute Gasteiger partial charge is 0.274 e. The molecule has 0 aliphatic carbocycles. The second-order valence-electron chi connectivity index (χ2n) is 2.73. The van der Waals surface area contributed by atoms with E-state index in [2.05, 4.69) is 6.58 Å². The number of aryl methyl sites for hydroxylation is 1. The van der Waals surface area contributed by atoms with Crippen molar-refractivity contribution >= 4 is 11.5 Å². The summed E-state index contributed by atoms with van der Waals surface area (Å²) < 4.78 is 0. The molecular formula is C10H11NO2. The number of benzene rings is 1. The van der Waals surface area contributed by atoms with Gasteiger partial charge < -0.3 is 0 Å². The van der Waals surface area contributed by atoms with Gasteiger partial charge in [0.1, 0.15) is 0 Å². The predicted molar refractivity (Wildman–Crippen MR) is 50.1 cm³/mol. The number of hydrogen-bond donors (Lipinski definition) is 2. The molecule has 0 radical (unpaired) electrons. The largest absolute Gasteiger partial charge is 0.288 e. The molecule has 3 nitrogen and oxygen atoms in total. The van der Waals surface area contributed by atoms with Crippen molar-refractivity contribution in [2.75, 3.05) is 0 Å². The summed E-state index contributed by atoms with van der Waals surface area (Å²) in [7, 11) is 0. The highest BCUT2D eigenvalue weighted by Crippen LogP contribution is 2.16. The van der Waals surface area contributed by atoms with E-state index in [0.29, 0.717) is 0 Å². The summed E-state index contributed by atoms with van der Waals surface area (Å²) in [4.78, 5) is 11.0. The van der Waals surface area contributed by atoms with Gasteiger partial charge in [0.15, 0.2) is 0 Å². The molecule has 0 aliphatic heterocycles. The lowest BCUT2D eigenvalue weighted by atomic mass is 10.0. The van der Waals surface area contributed by atoms with E-state index in [1.165, 1.54) is 0 Å². The van der Waals surface area contributed by atoms with Crippen molar-refractivity contribution in [2.45, 2.75) is 6.92 Å². The summed E-state index contributed by atoms with van der Waals surface area (Å²) in [5.41, 5.74) is 3.52. The monoisotopic (exact) mass is 177 g/mol. The number of carbonyl (C=O) groups excluding carboxylic acids is 1. The van der Waals surface area contributed by atoms with Crippen molar-refractivity contribution in [2.24, 2.45) is 0 Å². The number of rotatable bonds is 2. The van der Waals surface area contributed by atoms with Gasteiger partial charge in [-0.1, -0.05) is 30.8 Å². The van der Waals surface area contributed by atoms with Gasteiger partial charge in [0.25, 0.3) is 5.91 Å². The molecule has 0 saturated carbocycles. The van der Waals surface area contributed by atoms with Crippen LogP contribution in [0.3, 0.4) is 0 Å². The summed E-state index contributed by atoms with van der Waals surface area (Å²) in [6.07, 6.45) is 0. The first-order chi connectivity index (χ1) is 6.16. The summed E-state index contributed by atoms with van der Waals surface area (Å²) in [5, 5.41) is 8.40. The molecule has 1 amide bonds. The third-order valence-electron chi connectivity index (χ3n) is 1.85. The Morgan fingerprint density at radius 1 is 1.46 bits per heavy atom. The van der Waals surface area contributed by atoms with Gasteiger partial charge in [-0.3, -0.25) is 10.0 Å². The zero-order chi connectivity index (χ0) is 9.84. The fourth-order valence-electron chi connectivity index (χ4n) is 1.10. The average Bonchev–Trinajstić information content (AvgIpc) is 2.16. The predicted octanol–water partition coefficient (Wildman–Crippen LogP) is 1.51. The van der Waals surface area contributed by atoms with E-state index in [-0.39, 0.29) is 5.57 Å². The molecule has 3 heteroatoms. The van der Waals surface area contributed by atoms with Crippen molar-refractivity contribution in [1.82, 2.24) is 5.48 Å². The summed E-state index contributed by atoms with van der Waals surface area (Å²) in [5.74, 6) is -0.575. The SMILES string of the molecule is C=C(C(=O)NO)c1ccccc1C. The molecule has 0 saturated heterocycles. The fraction of sp³-hybridized carbons (Fsp3) is 0.100. The Bertz CT molecular complexity index is 345. The molecule has 2 N–H and O–H groups in total. The highest BCUT2D eigenvalue weighted by atomic mass is 16.5. The lowest BCUT2D eigenvalue weighted by Gasteiger charge is -2.06. The highest BCUT2D eigenvalue weighted by molar-refractivity contribution is 6.18. The molecule has 0 aromatic heterocycles. The highest BCUT2D eigenvalue weighted by Gasteiger charge is 2.09. The van der Waals surface area contributed by atoms with E-state index in [0.717, 1.165) is 11.1 Å². The van der Waals surface area contributed by atoms with Gasteiger partial charge in [-0.25, -0.2) is 5.48 Å². The van der Waals surface area contributed by atoms with E-state index in [1.54, 1.807) is 11.5 Å². The molecule has 0 heterocycles. The number of hydrogen-bond acceptors (Lipinski definition) is 2. The molecule has 0 fully saturated rings. The van der Waals surface area contributed by atoms with Gasteiger partial charge in [0.2, 0.25) is 0 Å². The van der Waals surface area contributed by atoms with Crippen LogP contribution in [-0.4, -0.2) is 11.1 Å². The molecular weight excluding hydrogens is 166 g/mol. The van der Waals surface area contributed by atoms with Gasteiger partial charge in [-0.2, -0.15) is 0 Å². The van der Waals surface area contributed by atoms with E-state index in [9.17, 15) is 4.79 Å². The van der Waals surface area contributed by atoms with Crippen molar-refractivity contribution in [3.63, 3.8) is 0 Å². The molecule has 68 valence electrons. The van der Waals surface area contributed by atoms with Crippen LogP contribution in [0, 0.1) is 6.92 Å². The van der Waals surface area contributed by atoms with Crippen LogP contribution in [0.25, 0.3) is 5.57 Å². The number of nitrogens with one attached hydrogen (secondary N) is 1. The Kier molecular flexibility index (Phi) is 2.82. The second-order valence-corrected chi connectivity index (χ2v) is 2.73. The Balaban J connectivity index is 3.02. The lowest BCUT2D eigenvalue weighted by molar-refractivity contribution is -0.123. The number of carbonyl (C=O) groups is 1. The van der Waals surface area contributed by atoms with Crippen LogP contribution in [0.15, 0.2) is 30.8 Å². The lowest BCUT2D eigenvalue weighted by Crippen LogP contribution is -2.19. The van der Waals surface area contributed by atoms with Gasteiger partial charge in [-0.05, 0) is 18.1 Å². The van der Waals surface area contributed by atoms with Gasteiger partial charge in [0, 0.05) is 5.57 Å². The Morgan fingerprint density at radius 2 is 2.08 bits per heavy atom. The minimum absolute atomic E-state index is 0.264. The van der Waals surface area contributed by atoms with Crippen molar-refractivity contribution < 1.29 is 10.0 Å². The van der Waals surface area contributed by atoms with Gasteiger partial charge >= 0.3 is 0 Å². The molecule has 0 spiro atoms. The molecule has 13 heavy (non-hydrogen) atoms. The van der Waals surface area contributed by atoms with E-state index < -0.39 is 5.91 Å². The summed E-state index contributed by atoms with van der Waals surface area (Å²) in [6, 6.07) is 7.36. The van der Waals surface area contributed by atoms with Crippen molar-refractivity contribution in [3.8, 4) is 0 Å². The molecule has 0 bridgehead atoms. The molecule has 1 aromatic carbocycles.